The van der Waals surface area contributed by atoms with Gasteiger partial charge in [-0.15, -0.1) is 5.10 Å². The number of nitrogens with zero attached hydrogens (tertiary/aromatic N) is 3. The summed E-state index contributed by atoms with van der Waals surface area (Å²) in [5.41, 5.74) is 1.38. The van der Waals surface area contributed by atoms with Crippen LogP contribution in [-0.4, -0.2) is 21.5 Å². The second-order valence-corrected chi connectivity index (χ2v) is 4.12. The van der Waals surface area contributed by atoms with Gasteiger partial charge < -0.3 is 5.32 Å². The Balaban J connectivity index is 2.21. The first kappa shape index (κ1) is 7.73. The third-order valence-electron chi connectivity index (χ3n) is 2.46. The molecule has 1 aliphatic rings. The number of hydrogen-bond donors (Lipinski definition) is 1. The van der Waals surface area contributed by atoms with Gasteiger partial charge in [0.15, 0.2) is 0 Å². The van der Waals surface area contributed by atoms with Crippen molar-refractivity contribution in [1.29, 1.82) is 0 Å². The van der Waals surface area contributed by atoms with Crippen molar-refractivity contribution in [2.24, 2.45) is 12.5 Å². The van der Waals surface area contributed by atoms with E-state index in [9.17, 15) is 0 Å². The zero-order valence-corrected chi connectivity index (χ0v) is 7.70. The van der Waals surface area contributed by atoms with E-state index in [1.807, 2.05) is 13.2 Å². The van der Waals surface area contributed by atoms with Gasteiger partial charge in [0.25, 0.3) is 0 Å². The van der Waals surface area contributed by atoms with Gasteiger partial charge in [0.1, 0.15) is 5.69 Å². The van der Waals surface area contributed by atoms with Crippen molar-refractivity contribution in [2.45, 2.75) is 19.9 Å². The summed E-state index contributed by atoms with van der Waals surface area (Å²) in [7, 11) is 1.89. The zero-order chi connectivity index (χ0) is 8.77. The Bertz CT molecular complexity index is 289. The SMILES string of the molecule is Cn1cc(C2NCC2(C)C)nn1. The first-order valence-corrected chi connectivity index (χ1v) is 4.19. The van der Waals surface area contributed by atoms with Gasteiger partial charge in [-0.3, -0.25) is 4.68 Å². The van der Waals surface area contributed by atoms with Crippen molar-refractivity contribution >= 4 is 0 Å². The fraction of sp³-hybridized carbons (Fsp3) is 0.750. The highest BCUT2D eigenvalue weighted by molar-refractivity contribution is 5.11. The van der Waals surface area contributed by atoms with Crippen LogP contribution in [0.15, 0.2) is 6.20 Å². The first-order chi connectivity index (χ1) is 5.59. The lowest BCUT2D eigenvalue weighted by Gasteiger charge is -2.44. The summed E-state index contributed by atoms with van der Waals surface area (Å²) in [6, 6.07) is 0.381. The summed E-state index contributed by atoms with van der Waals surface area (Å²) < 4.78 is 1.74. The second kappa shape index (κ2) is 2.29. The minimum Gasteiger partial charge on any atom is -0.307 e. The number of aryl methyl sites for hydroxylation is 1. The first-order valence-electron chi connectivity index (χ1n) is 4.19. The van der Waals surface area contributed by atoms with E-state index in [1.54, 1.807) is 4.68 Å². The van der Waals surface area contributed by atoms with Crippen LogP contribution in [0.1, 0.15) is 25.6 Å². The van der Waals surface area contributed by atoms with Crippen LogP contribution in [0.2, 0.25) is 0 Å². The molecule has 0 spiro atoms. The Morgan fingerprint density at radius 2 is 2.42 bits per heavy atom. The molecule has 0 radical (unpaired) electrons. The summed E-state index contributed by atoms with van der Waals surface area (Å²) in [5.74, 6) is 0. The van der Waals surface area contributed by atoms with Crippen LogP contribution in [0.3, 0.4) is 0 Å². The molecule has 0 saturated carbocycles. The highest BCUT2D eigenvalue weighted by Gasteiger charge is 2.40. The Kier molecular flexibility index (Phi) is 1.48. The molecular weight excluding hydrogens is 152 g/mol. The average Bonchev–Trinajstić information content (AvgIpc) is 2.34. The largest absolute Gasteiger partial charge is 0.307 e. The maximum atomic E-state index is 4.08. The van der Waals surface area contributed by atoms with Crippen LogP contribution in [0.25, 0.3) is 0 Å². The molecule has 12 heavy (non-hydrogen) atoms. The molecule has 0 aliphatic carbocycles. The maximum Gasteiger partial charge on any atom is 0.100 e. The van der Waals surface area contributed by atoms with E-state index in [1.165, 1.54) is 0 Å². The third kappa shape index (κ3) is 1.03. The Hall–Kier alpha value is -0.900. The third-order valence-corrected chi connectivity index (χ3v) is 2.46. The molecule has 0 bridgehead atoms. The van der Waals surface area contributed by atoms with Crippen molar-refractivity contribution in [3.8, 4) is 0 Å². The normalized spacial score (nSPS) is 26.8. The van der Waals surface area contributed by atoms with Crippen molar-refractivity contribution in [1.82, 2.24) is 20.3 Å². The van der Waals surface area contributed by atoms with Crippen LogP contribution in [0.4, 0.5) is 0 Å². The number of aromatic nitrogens is 3. The quantitative estimate of drug-likeness (QED) is 0.660. The average molecular weight is 166 g/mol. The fourth-order valence-electron chi connectivity index (χ4n) is 1.61. The molecule has 4 heteroatoms. The van der Waals surface area contributed by atoms with Gasteiger partial charge in [0.05, 0.1) is 6.04 Å². The van der Waals surface area contributed by atoms with Crippen molar-refractivity contribution in [3.63, 3.8) is 0 Å². The lowest BCUT2D eigenvalue weighted by molar-refractivity contribution is 0.124. The number of nitrogens with one attached hydrogen (secondary N) is 1. The van der Waals surface area contributed by atoms with Crippen molar-refractivity contribution in [2.75, 3.05) is 6.54 Å². The van der Waals surface area contributed by atoms with Crippen molar-refractivity contribution < 1.29 is 0 Å². The van der Waals surface area contributed by atoms with Crippen LogP contribution >= 0.6 is 0 Å². The lowest BCUT2D eigenvalue weighted by atomic mass is 9.76. The van der Waals surface area contributed by atoms with Crippen LogP contribution in [0.5, 0.6) is 0 Å². The Morgan fingerprint density at radius 1 is 1.67 bits per heavy atom. The summed E-state index contributed by atoms with van der Waals surface area (Å²) in [6.07, 6.45) is 1.97. The standard InChI is InChI=1S/C8H14N4/c1-8(2)5-9-7(8)6-4-12(3)11-10-6/h4,7,9H,5H2,1-3H3. The van der Waals surface area contributed by atoms with Gasteiger partial charge in [-0.2, -0.15) is 0 Å². The van der Waals surface area contributed by atoms with E-state index < -0.39 is 0 Å². The number of rotatable bonds is 1. The predicted octanol–water partition coefficient (Wildman–Crippen LogP) is 0.486. The molecule has 1 saturated heterocycles. The van der Waals surface area contributed by atoms with E-state index in [0.717, 1.165) is 12.2 Å². The second-order valence-electron chi connectivity index (χ2n) is 4.12. The van der Waals surface area contributed by atoms with E-state index in [-0.39, 0.29) is 0 Å². The van der Waals surface area contributed by atoms with Crippen LogP contribution < -0.4 is 5.32 Å². The molecular formula is C8H14N4. The van der Waals surface area contributed by atoms with E-state index in [2.05, 4.69) is 29.5 Å². The molecule has 1 aromatic rings. The predicted molar refractivity (Wildman–Crippen MR) is 45.5 cm³/mol. The molecule has 4 nitrogen and oxygen atoms in total. The molecule has 0 amide bonds. The van der Waals surface area contributed by atoms with Gasteiger partial charge in [0.2, 0.25) is 0 Å². The van der Waals surface area contributed by atoms with Crippen LogP contribution in [-0.2, 0) is 7.05 Å². The minimum absolute atomic E-state index is 0.329. The van der Waals surface area contributed by atoms with Gasteiger partial charge in [0, 0.05) is 19.8 Å². The van der Waals surface area contributed by atoms with E-state index >= 15 is 0 Å². The van der Waals surface area contributed by atoms with E-state index in [4.69, 9.17) is 0 Å². The summed E-state index contributed by atoms with van der Waals surface area (Å²) in [5, 5.41) is 11.3. The molecule has 66 valence electrons. The van der Waals surface area contributed by atoms with Gasteiger partial charge in [-0.1, -0.05) is 19.1 Å². The smallest absolute Gasteiger partial charge is 0.100 e. The minimum atomic E-state index is 0.329. The Labute approximate surface area is 72.0 Å². The molecule has 1 unspecified atom stereocenters. The molecule has 2 rings (SSSR count). The van der Waals surface area contributed by atoms with Gasteiger partial charge in [-0.05, 0) is 5.41 Å². The molecule has 1 fully saturated rings. The molecule has 1 N–H and O–H groups in total. The lowest BCUT2D eigenvalue weighted by Crippen LogP contribution is -2.52. The highest BCUT2D eigenvalue weighted by Crippen LogP contribution is 2.38. The summed E-state index contributed by atoms with van der Waals surface area (Å²) in [4.78, 5) is 0. The van der Waals surface area contributed by atoms with Gasteiger partial charge >= 0.3 is 0 Å². The zero-order valence-electron chi connectivity index (χ0n) is 7.70. The number of hydrogen-bond acceptors (Lipinski definition) is 3. The Morgan fingerprint density at radius 3 is 2.75 bits per heavy atom. The monoisotopic (exact) mass is 166 g/mol. The fourth-order valence-corrected chi connectivity index (χ4v) is 1.61. The highest BCUT2D eigenvalue weighted by atomic mass is 15.4. The molecule has 1 aromatic heterocycles. The summed E-state index contributed by atoms with van der Waals surface area (Å²) >= 11 is 0. The topological polar surface area (TPSA) is 42.7 Å². The molecule has 0 aromatic carbocycles. The summed E-state index contributed by atoms with van der Waals surface area (Å²) in [6.45, 7) is 5.54. The maximum absolute atomic E-state index is 4.08. The molecule has 1 atom stereocenters. The molecule has 2 heterocycles. The van der Waals surface area contributed by atoms with Crippen molar-refractivity contribution in [3.05, 3.63) is 11.9 Å². The van der Waals surface area contributed by atoms with E-state index in [0.29, 0.717) is 11.5 Å². The van der Waals surface area contributed by atoms with Crippen LogP contribution in [0, 0.1) is 5.41 Å². The molecule has 1 aliphatic heterocycles. The van der Waals surface area contributed by atoms with Gasteiger partial charge in [-0.25, -0.2) is 0 Å².